The average molecular weight is 384 g/mol. The quantitative estimate of drug-likeness (QED) is 0.619. The first-order valence-corrected chi connectivity index (χ1v) is 7.12. The maximum Gasteiger partial charge on any atom is 0.157 e. The molecule has 2 aromatic carbocycles. The van der Waals surface area contributed by atoms with E-state index in [0.717, 1.165) is 0 Å². The van der Waals surface area contributed by atoms with Gasteiger partial charge in [0.1, 0.15) is 12.4 Å². The zero-order valence-electron chi connectivity index (χ0n) is 9.39. The number of ether oxygens (including phenoxy) is 1. The Labute approximate surface area is 133 Å². The van der Waals surface area contributed by atoms with Gasteiger partial charge in [-0.15, -0.1) is 0 Å². The highest BCUT2D eigenvalue weighted by Crippen LogP contribution is 2.36. The van der Waals surface area contributed by atoms with Gasteiger partial charge in [0.05, 0.1) is 14.5 Å². The van der Waals surface area contributed by atoms with Crippen LogP contribution >= 0.6 is 50.7 Å². The second-order valence-corrected chi connectivity index (χ2v) is 5.74. The predicted octanol–water partition coefficient (Wildman–Crippen LogP) is 6.13. The maximum absolute atomic E-state index is 13.3. The molecule has 0 heterocycles. The summed E-state index contributed by atoms with van der Waals surface area (Å²) in [6.07, 6.45) is 0. The molecule has 0 fully saturated rings. The predicted molar refractivity (Wildman–Crippen MR) is 79.9 cm³/mol. The minimum atomic E-state index is -0.352. The van der Waals surface area contributed by atoms with E-state index in [1.165, 1.54) is 18.2 Å². The van der Waals surface area contributed by atoms with Crippen LogP contribution in [0.5, 0.6) is 5.75 Å². The molecule has 2 aromatic rings. The number of halogens is 5. The molecule has 0 aliphatic rings. The van der Waals surface area contributed by atoms with Crippen molar-refractivity contribution in [2.24, 2.45) is 0 Å². The third-order valence-corrected chi connectivity index (χ3v) is 4.03. The zero-order valence-corrected chi connectivity index (χ0v) is 13.2. The lowest BCUT2D eigenvalue weighted by Crippen LogP contribution is -1.98. The largest absolute Gasteiger partial charge is 0.486 e. The van der Waals surface area contributed by atoms with Crippen molar-refractivity contribution in [1.82, 2.24) is 0 Å². The van der Waals surface area contributed by atoms with Gasteiger partial charge in [0.15, 0.2) is 5.75 Å². The summed E-state index contributed by atoms with van der Waals surface area (Å²) in [7, 11) is 0. The van der Waals surface area contributed by atoms with Crippen LogP contribution in [-0.2, 0) is 6.61 Å². The molecule has 0 unspecified atom stereocenters. The van der Waals surface area contributed by atoms with E-state index < -0.39 is 0 Å². The molecular formula is C13H7BrCl3FO. The highest BCUT2D eigenvalue weighted by atomic mass is 79.9. The Balaban J connectivity index is 2.22. The number of hydrogen-bond acceptors (Lipinski definition) is 1. The molecular weight excluding hydrogens is 377 g/mol. The van der Waals surface area contributed by atoms with Crippen LogP contribution in [0.4, 0.5) is 4.39 Å². The Kier molecular flexibility index (Phi) is 4.96. The Bertz CT molecular complexity index is 596. The lowest BCUT2D eigenvalue weighted by molar-refractivity contribution is 0.305. The average Bonchev–Trinajstić information content (AvgIpc) is 2.33. The van der Waals surface area contributed by atoms with Gasteiger partial charge < -0.3 is 4.74 Å². The van der Waals surface area contributed by atoms with Crippen LogP contribution in [0.25, 0.3) is 0 Å². The molecule has 2 rings (SSSR count). The van der Waals surface area contributed by atoms with Gasteiger partial charge in [-0.2, -0.15) is 0 Å². The number of benzene rings is 2. The summed E-state index contributed by atoms with van der Waals surface area (Å²) in [5.41, 5.74) is 0.655. The Morgan fingerprint density at radius 2 is 1.74 bits per heavy atom. The minimum Gasteiger partial charge on any atom is -0.486 e. The van der Waals surface area contributed by atoms with Crippen LogP contribution in [0.15, 0.2) is 34.8 Å². The van der Waals surface area contributed by atoms with Gasteiger partial charge in [0.25, 0.3) is 0 Å². The first-order valence-electron chi connectivity index (χ1n) is 5.19. The molecule has 6 heteroatoms. The molecule has 0 saturated carbocycles. The first-order chi connectivity index (χ1) is 8.99. The molecule has 1 nitrogen and oxygen atoms in total. The second-order valence-electron chi connectivity index (χ2n) is 3.70. The summed E-state index contributed by atoms with van der Waals surface area (Å²) < 4.78 is 19.2. The Morgan fingerprint density at radius 1 is 1.11 bits per heavy atom. The van der Waals surface area contributed by atoms with E-state index in [-0.39, 0.29) is 12.4 Å². The molecule has 100 valence electrons. The van der Waals surface area contributed by atoms with Gasteiger partial charge >= 0.3 is 0 Å². The summed E-state index contributed by atoms with van der Waals surface area (Å²) in [6.45, 7) is 0.138. The minimum absolute atomic E-state index is 0.138. The van der Waals surface area contributed by atoms with Gasteiger partial charge in [-0.05, 0) is 34.1 Å². The van der Waals surface area contributed by atoms with Gasteiger partial charge in [-0.1, -0.05) is 46.9 Å². The van der Waals surface area contributed by atoms with Gasteiger partial charge in [-0.3, -0.25) is 0 Å². The smallest absolute Gasteiger partial charge is 0.157 e. The molecule has 0 aromatic heterocycles. The molecule has 0 amide bonds. The molecule has 0 N–H and O–H groups in total. The van der Waals surface area contributed by atoms with E-state index in [0.29, 0.717) is 30.9 Å². The number of rotatable bonds is 3. The summed E-state index contributed by atoms with van der Waals surface area (Å²) >= 11 is 20.9. The summed E-state index contributed by atoms with van der Waals surface area (Å²) in [6, 6.07) is 7.76. The first kappa shape index (κ1) is 14.9. The fraction of sp³-hybridized carbons (Fsp3) is 0.0769. The van der Waals surface area contributed by atoms with E-state index in [1.54, 1.807) is 12.1 Å². The third-order valence-electron chi connectivity index (χ3n) is 2.37. The van der Waals surface area contributed by atoms with Crippen molar-refractivity contribution in [2.45, 2.75) is 6.61 Å². The van der Waals surface area contributed by atoms with Gasteiger partial charge in [0.2, 0.25) is 0 Å². The van der Waals surface area contributed by atoms with E-state index in [9.17, 15) is 4.39 Å². The third kappa shape index (κ3) is 3.54. The summed E-state index contributed by atoms with van der Waals surface area (Å²) in [5.74, 6) is -0.0294. The fourth-order valence-corrected chi connectivity index (χ4v) is 2.78. The van der Waals surface area contributed by atoms with Crippen LogP contribution in [0.1, 0.15) is 5.56 Å². The van der Waals surface area contributed by atoms with E-state index in [2.05, 4.69) is 15.9 Å². The van der Waals surface area contributed by atoms with Crippen molar-refractivity contribution in [3.05, 3.63) is 61.3 Å². The molecule has 0 atom stereocenters. The van der Waals surface area contributed by atoms with Crippen LogP contribution in [0.2, 0.25) is 15.1 Å². The Hall–Kier alpha value is -0.480. The van der Waals surface area contributed by atoms with E-state index >= 15 is 0 Å². The molecule has 0 bridgehead atoms. The molecule has 19 heavy (non-hydrogen) atoms. The number of hydrogen-bond donors (Lipinski definition) is 0. The highest BCUT2D eigenvalue weighted by molar-refractivity contribution is 9.10. The fourth-order valence-electron chi connectivity index (χ4n) is 1.48. The van der Waals surface area contributed by atoms with Crippen molar-refractivity contribution in [3.63, 3.8) is 0 Å². The molecule has 0 radical (unpaired) electrons. The van der Waals surface area contributed by atoms with Crippen LogP contribution < -0.4 is 4.74 Å². The van der Waals surface area contributed by atoms with Crippen molar-refractivity contribution in [2.75, 3.05) is 0 Å². The Morgan fingerprint density at radius 3 is 2.37 bits per heavy atom. The second kappa shape index (κ2) is 6.31. The lowest BCUT2D eigenvalue weighted by atomic mass is 10.2. The van der Waals surface area contributed by atoms with E-state index in [1.807, 2.05) is 0 Å². The van der Waals surface area contributed by atoms with Gasteiger partial charge in [-0.25, -0.2) is 4.39 Å². The van der Waals surface area contributed by atoms with Crippen molar-refractivity contribution in [3.8, 4) is 5.75 Å². The van der Waals surface area contributed by atoms with Crippen LogP contribution in [0, 0.1) is 5.82 Å². The molecule has 0 spiro atoms. The highest BCUT2D eigenvalue weighted by Gasteiger charge is 2.11. The SMILES string of the molecule is Fc1cccc(COc2c(Cl)cc(Cl)cc2Cl)c1Br. The van der Waals surface area contributed by atoms with Crippen LogP contribution in [0.3, 0.4) is 0 Å². The van der Waals surface area contributed by atoms with Crippen molar-refractivity contribution < 1.29 is 9.13 Å². The summed E-state index contributed by atoms with van der Waals surface area (Å²) in [4.78, 5) is 0. The van der Waals surface area contributed by atoms with Crippen molar-refractivity contribution in [1.29, 1.82) is 0 Å². The summed E-state index contributed by atoms with van der Waals surface area (Å²) in [5, 5.41) is 1.05. The monoisotopic (exact) mass is 382 g/mol. The van der Waals surface area contributed by atoms with Crippen LogP contribution in [-0.4, -0.2) is 0 Å². The van der Waals surface area contributed by atoms with E-state index in [4.69, 9.17) is 39.5 Å². The lowest BCUT2D eigenvalue weighted by Gasteiger charge is -2.11. The maximum atomic E-state index is 13.3. The molecule has 0 aliphatic carbocycles. The molecule has 0 aliphatic heterocycles. The standard InChI is InChI=1S/C13H7BrCl3FO/c14-12-7(2-1-3-11(12)18)6-19-13-9(16)4-8(15)5-10(13)17/h1-5H,6H2. The molecule has 0 saturated heterocycles. The van der Waals surface area contributed by atoms with Crippen molar-refractivity contribution >= 4 is 50.7 Å². The van der Waals surface area contributed by atoms with Gasteiger partial charge in [0, 0.05) is 10.6 Å². The normalized spacial score (nSPS) is 10.6. The topological polar surface area (TPSA) is 9.23 Å². The zero-order chi connectivity index (χ0) is 14.0.